The van der Waals surface area contributed by atoms with E-state index in [-0.39, 0.29) is 5.56 Å². The average Bonchev–Trinajstić information content (AvgIpc) is 2.55. The molecule has 2 rings (SSSR count). The van der Waals surface area contributed by atoms with Gasteiger partial charge >= 0.3 is 5.97 Å². The fourth-order valence-electron chi connectivity index (χ4n) is 1.79. The number of ether oxygens (including phenoxy) is 1. The van der Waals surface area contributed by atoms with Crippen LogP contribution in [0, 0.1) is 0 Å². The zero-order valence-corrected chi connectivity index (χ0v) is 12.1. The molecule has 5 nitrogen and oxygen atoms in total. The zero-order valence-electron chi connectivity index (χ0n) is 12.1. The van der Waals surface area contributed by atoms with Gasteiger partial charge in [-0.1, -0.05) is 18.2 Å². The Morgan fingerprint density at radius 1 is 1.18 bits per heavy atom. The molecule has 0 aliphatic heterocycles. The number of nitrogens with zero attached hydrogens (tertiary/aromatic N) is 1. The van der Waals surface area contributed by atoms with E-state index in [0.717, 1.165) is 11.3 Å². The standard InChI is InChI=1S/C17H16N2O3/c1-22-16-7-3-2-5-13(16)6-4-12-18-19-15-10-8-14(9-11-15)17(20)21/h2-12,19H,1H3,(H,20,21)/b6-4+,18-12-. The summed E-state index contributed by atoms with van der Waals surface area (Å²) in [6.45, 7) is 0. The van der Waals surface area contributed by atoms with Crippen LogP contribution in [0.25, 0.3) is 6.08 Å². The van der Waals surface area contributed by atoms with Crippen LogP contribution in [0.4, 0.5) is 5.69 Å². The summed E-state index contributed by atoms with van der Waals surface area (Å²) < 4.78 is 5.24. The first kappa shape index (κ1) is 15.3. The number of carbonyl (C=O) groups is 1. The highest BCUT2D eigenvalue weighted by Gasteiger charge is 2.00. The number of nitrogens with one attached hydrogen (secondary N) is 1. The van der Waals surface area contributed by atoms with Crippen molar-refractivity contribution in [2.24, 2.45) is 5.10 Å². The summed E-state index contributed by atoms with van der Waals surface area (Å²) in [5.74, 6) is -0.154. The van der Waals surface area contributed by atoms with Crippen molar-refractivity contribution in [2.45, 2.75) is 0 Å². The Morgan fingerprint density at radius 2 is 1.91 bits per heavy atom. The van der Waals surface area contributed by atoms with Gasteiger partial charge in [-0.2, -0.15) is 5.10 Å². The van der Waals surface area contributed by atoms with Crippen molar-refractivity contribution >= 4 is 23.9 Å². The second kappa shape index (κ2) is 7.64. The number of carboxylic acid groups (broad SMARTS) is 1. The Labute approximate surface area is 128 Å². The van der Waals surface area contributed by atoms with Crippen molar-refractivity contribution < 1.29 is 14.6 Å². The van der Waals surface area contributed by atoms with Crippen molar-refractivity contribution in [1.82, 2.24) is 0 Å². The second-order valence-corrected chi connectivity index (χ2v) is 4.37. The molecule has 0 saturated heterocycles. The summed E-state index contributed by atoms with van der Waals surface area (Å²) in [7, 11) is 1.63. The summed E-state index contributed by atoms with van der Waals surface area (Å²) in [5, 5.41) is 12.8. The van der Waals surface area contributed by atoms with Crippen molar-refractivity contribution in [3.63, 3.8) is 0 Å². The third-order valence-corrected chi connectivity index (χ3v) is 2.90. The first-order valence-corrected chi connectivity index (χ1v) is 6.63. The molecule has 0 aliphatic rings. The topological polar surface area (TPSA) is 70.9 Å². The molecule has 112 valence electrons. The lowest BCUT2D eigenvalue weighted by molar-refractivity contribution is 0.0697. The van der Waals surface area contributed by atoms with E-state index in [0.29, 0.717) is 5.69 Å². The van der Waals surface area contributed by atoms with E-state index in [2.05, 4.69) is 10.5 Å². The minimum Gasteiger partial charge on any atom is -0.496 e. The van der Waals surface area contributed by atoms with Gasteiger partial charge in [-0.05, 0) is 42.5 Å². The lowest BCUT2D eigenvalue weighted by Gasteiger charge is -2.02. The normalized spacial score (nSPS) is 11.0. The molecule has 0 spiro atoms. The zero-order chi connectivity index (χ0) is 15.8. The van der Waals surface area contributed by atoms with Gasteiger partial charge < -0.3 is 9.84 Å². The molecular weight excluding hydrogens is 280 g/mol. The van der Waals surface area contributed by atoms with E-state index < -0.39 is 5.97 Å². The van der Waals surface area contributed by atoms with Gasteiger partial charge in [0.15, 0.2) is 0 Å². The summed E-state index contributed by atoms with van der Waals surface area (Å²) in [6.07, 6.45) is 5.28. The highest BCUT2D eigenvalue weighted by Crippen LogP contribution is 2.18. The monoisotopic (exact) mass is 296 g/mol. The first-order chi connectivity index (χ1) is 10.7. The summed E-state index contributed by atoms with van der Waals surface area (Å²) in [4.78, 5) is 10.7. The van der Waals surface area contributed by atoms with Gasteiger partial charge in [-0.3, -0.25) is 5.43 Å². The Hall–Kier alpha value is -3.08. The number of hydrogen-bond donors (Lipinski definition) is 2. The largest absolute Gasteiger partial charge is 0.496 e. The van der Waals surface area contributed by atoms with Gasteiger partial charge in [-0.15, -0.1) is 0 Å². The molecule has 0 heterocycles. The van der Waals surface area contributed by atoms with E-state index in [1.807, 2.05) is 30.3 Å². The molecule has 5 heteroatoms. The Morgan fingerprint density at radius 3 is 2.59 bits per heavy atom. The first-order valence-electron chi connectivity index (χ1n) is 6.63. The number of benzene rings is 2. The summed E-state index contributed by atoms with van der Waals surface area (Å²) in [5.41, 5.74) is 4.74. The molecule has 22 heavy (non-hydrogen) atoms. The van der Waals surface area contributed by atoms with Crippen LogP contribution in [0.3, 0.4) is 0 Å². The second-order valence-electron chi connectivity index (χ2n) is 4.37. The van der Waals surface area contributed by atoms with E-state index in [1.165, 1.54) is 12.1 Å². The fraction of sp³-hybridized carbons (Fsp3) is 0.0588. The van der Waals surface area contributed by atoms with Crippen molar-refractivity contribution in [2.75, 3.05) is 12.5 Å². The van der Waals surface area contributed by atoms with Crippen LogP contribution in [0.15, 0.2) is 59.7 Å². The molecule has 0 atom stereocenters. The minimum absolute atomic E-state index is 0.241. The Balaban J connectivity index is 1.92. The molecule has 2 N–H and O–H groups in total. The van der Waals surface area contributed by atoms with Crippen LogP contribution in [0.2, 0.25) is 0 Å². The van der Waals surface area contributed by atoms with Crippen LogP contribution < -0.4 is 10.2 Å². The lowest BCUT2D eigenvalue weighted by Crippen LogP contribution is -1.96. The maximum Gasteiger partial charge on any atom is 0.335 e. The number of anilines is 1. The Bertz CT molecular complexity index is 691. The van der Waals surface area contributed by atoms with Crippen LogP contribution in [0.1, 0.15) is 15.9 Å². The average molecular weight is 296 g/mol. The van der Waals surface area contributed by atoms with Gasteiger partial charge in [-0.25, -0.2) is 4.79 Å². The smallest absolute Gasteiger partial charge is 0.335 e. The quantitative estimate of drug-likeness (QED) is 0.632. The lowest BCUT2D eigenvalue weighted by atomic mass is 10.2. The molecule has 0 fully saturated rings. The SMILES string of the molecule is COc1ccccc1/C=C/C=N\Nc1ccc(C(=O)O)cc1. The molecule has 0 saturated carbocycles. The number of carboxylic acids is 1. The third-order valence-electron chi connectivity index (χ3n) is 2.90. The van der Waals surface area contributed by atoms with Gasteiger partial charge in [0.2, 0.25) is 0 Å². The number of hydrogen-bond acceptors (Lipinski definition) is 4. The molecule has 0 unspecified atom stereocenters. The summed E-state index contributed by atoms with van der Waals surface area (Å²) in [6, 6.07) is 14.0. The minimum atomic E-state index is -0.949. The maximum absolute atomic E-state index is 10.7. The number of para-hydroxylation sites is 1. The predicted octanol–water partition coefficient (Wildman–Crippen LogP) is 3.50. The third kappa shape index (κ3) is 4.21. The number of allylic oxidation sites excluding steroid dienone is 1. The molecule has 0 radical (unpaired) electrons. The van der Waals surface area contributed by atoms with Crippen LogP contribution in [-0.4, -0.2) is 24.4 Å². The predicted molar refractivity (Wildman–Crippen MR) is 87.5 cm³/mol. The molecule has 0 aromatic heterocycles. The highest BCUT2D eigenvalue weighted by atomic mass is 16.5. The van der Waals surface area contributed by atoms with Crippen molar-refractivity contribution in [3.8, 4) is 5.75 Å². The van der Waals surface area contributed by atoms with Gasteiger partial charge in [0.25, 0.3) is 0 Å². The maximum atomic E-state index is 10.7. The molecule has 2 aromatic carbocycles. The number of hydrazone groups is 1. The highest BCUT2D eigenvalue weighted by molar-refractivity contribution is 5.88. The van der Waals surface area contributed by atoms with Crippen molar-refractivity contribution in [3.05, 3.63) is 65.7 Å². The van der Waals surface area contributed by atoms with E-state index in [1.54, 1.807) is 31.5 Å². The summed E-state index contributed by atoms with van der Waals surface area (Å²) >= 11 is 0. The van der Waals surface area contributed by atoms with E-state index >= 15 is 0 Å². The number of rotatable bonds is 6. The molecular formula is C17H16N2O3. The van der Waals surface area contributed by atoms with Crippen LogP contribution in [0.5, 0.6) is 5.75 Å². The molecule has 0 bridgehead atoms. The number of methoxy groups -OCH3 is 1. The number of aromatic carboxylic acids is 1. The Kier molecular flexibility index (Phi) is 5.31. The van der Waals surface area contributed by atoms with Gasteiger partial charge in [0.1, 0.15) is 5.75 Å². The van der Waals surface area contributed by atoms with E-state index in [9.17, 15) is 4.79 Å². The fourth-order valence-corrected chi connectivity index (χ4v) is 1.79. The molecule has 0 amide bonds. The molecule has 0 aliphatic carbocycles. The van der Waals surface area contributed by atoms with Gasteiger partial charge in [0.05, 0.1) is 18.4 Å². The van der Waals surface area contributed by atoms with Crippen LogP contribution in [-0.2, 0) is 0 Å². The van der Waals surface area contributed by atoms with Crippen molar-refractivity contribution in [1.29, 1.82) is 0 Å². The van der Waals surface area contributed by atoms with Gasteiger partial charge in [0, 0.05) is 11.8 Å². The van der Waals surface area contributed by atoms with Crippen LogP contribution >= 0.6 is 0 Å². The van der Waals surface area contributed by atoms with E-state index in [4.69, 9.17) is 9.84 Å². The molecule has 2 aromatic rings.